The number of morpholine rings is 1. The maximum Gasteiger partial charge on any atom is 0.146 e. The molecule has 0 aliphatic carbocycles. The molecular weight excluding hydrogens is 219 g/mol. The molecule has 0 radical (unpaired) electrons. The van der Waals surface area contributed by atoms with Crippen LogP contribution in [0.5, 0.6) is 0 Å². The van der Waals surface area contributed by atoms with Crippen LogP contribution in [0, 0.1) is 5.82 Å². The first kappa shape index (κ1) is 12.3. The summed E-state index contributed by atoms with van der Waals surface area (Å²) in [5.41, 5.74) is 1.65. The van der Waals surface area contributed by atoms with Crippen LogP contribution in [0.1, 0.15) is 12.5 Å². The summed E-state index contributed by atoms with van der Waals surface area (Å²) < 4.78 is 19.4. The molecule has 1 saturated heterocycles. The number of rotatable bonds is 3. The molecule has 2 rings (SSSR count). The van der Waals surface area contributed by atoms with Crippen molar-refractivity contribution in [3.63, 3.8) is 0 Å². The minimum absolute atomic E-state index is 0.147. The van der Waals surface area contributed by atoms with Crippen molar-refractivity contribution < 1.29 is 9.13 Å². The van der Waals surface area contributed by atoms with Gasteiger partial charge in [-0.05, 0) is 31.7 Å². The van der Waals surface area contributed by atoms with Crippen molar-refractivity contribution in [1.29, 1.82) is 0 Å². The number of ether oxygens (including phenoxy) is 1. The molecule has 0 bridgehead atoms. The first-order valence-corrected chi connectivity index (χ1v) is 6.00. The molecule has 3 nitrogen and oxygen atoms in total. The molecule has 1 atom stereocenters. The lowest BCUT2D eigenvalue weighted by atomic mass is 10.1. The lowest BCUT2D eigenvalue weighted by Crippen LogP contribution is -2.44. The Morgan fingerprint density at radius 1 is 1.53 bits per heavy atom. The van der Waals surface area contributed by atoms with Crippen LogP contribution in [0.15, 0.2) is 18.2 Å². The molecule has 4 heteroatoms. The van der Waals surface area contributed by atoms with Crippen molar-refractivity contribution in [3.05, 3.63) is 29.6 Å². The lowest BCUT2D eigenvalue weighted by molar-refractivity contribution is 0.0986. The summed E-state index contributed by atoms with van der Waals surface area (Å²) in [6.07, 6.45) is 0. The molecule has 94 valence electrons. The van der Waals surface area contributed by atoms with Gasteiger partial charge in [-0.3, -0.25) is 0 Å². The summed E-state index contributed by atoms with van der Waals surface area (Å²) in [6.45, 7) is 4.83. The van der Waals surface area contributed by atoms with Gasteiger partial charge in [0.25, 0.3) is 0 Å². The van der Waals surface area contributed by atoms with Crippen LogP contribution in [0.3, 0.4) is 0 Å². The zero-order valence-electron chi connectivity index (χ0n) is 10.4. The SMILES string of the molecule is CNCc1ccc(N2CCOCC2C)c(F)c1. The molecule has 0 amide bonds. The molecule has 0 spiro atoms. The summed E-state index contributed by atoms with van der Waals surface area (Å²) in [7, 11) is 1.86. The minimum Gasteiger partial charge on any atom is -0.377 e. The molecule has 1 aromatic rings. The van der Waals surface area contributed by atoms with Gasteiger partial charge >= 0.3 is 0 Å². The number of halogens is 1. The molecule has 17 heavy (non-hydrogen) atoms. The average Bonchev–Trinajstić information content (AvgIpc) is 2.31. The summed E-state index contributed by atoms with van der Waals surface area (Å²) in [4.78, 5) is 2.07. The van der Waals surface area contributed by atoms with Gasteiger partial charge in [0.05, 0.1) is 18.9 Å². The van der Waals surface area contributed by atoms with Crippen molar-refractivity contribution in [3.8, 4) is 0 Å². The van der Waals surface area contributed by atoms with Gasteiger partial charge in [0, 0.05) is 19.1 Å². The van der Waals surface area contributed by atoms with E-state index in [9.17, 15) is 4.39 Å². The third kappa shape index (κ3) is 2.76. The predicted octanol–water partition coefficient (Wildman–Crippen LogP) is 1.77. The van der Waals surface area contributed by atoms with Crippen molar-refractivity contribution in [2.24, 2.45) is 0 Å². The van der Waals surface area contributed by atoms with E-state index in [4.69, 9.17) is 4.74 Å². The molecule has 0 saturated carbocycles. The number of anilines is 1. The van der Waals surface area contributed by atoms with E-state index >= 15 is 0 Å². The predicted molar refractivity (Wildman–Crippen MR) is 66.8 cm³/mol. The normalized spacial score (nSPS) is 20.6. The summed E-state index contributed by atoms with van der Waals surface area (Å²) in [5.74, 6) is -0.147. The zero-order valence-corrected chi connectivity index (χ0v) is 10.4. The second-order valence-electron chi connectivity index (χ2n) is 4.43. The van der Waals surface area contributed by atoms with Crippen LogP contribution in [0.4, 0.5) is 10.1 Å². The second-order valence-corrected chi connectivity index (χ2v) is 4.43. The first-order chi connectivity index (χ1) is 8.22. The maximum atomic E-state index is 14.0. The first-order valence-electron chi connectivity index (χ1n) is 6.00. The second kappa shape index (κ2) is 5.47. The zero-order chi connectivity index (χ0) is 12.3. The molecule has 1 aliphatic heterocycles. The van der Waals surface area contributed by atoms with E-state index in [1.54, 1.807) is 6.07 Å². The van der Waals surface area contributed by atoms with Crippen LogP contribution in [-0.4, -0.2) is 32.8 Å². The Kier molecular flexibility index (Phi) is 3.97. The topological polar surface area (TPSA) is 24.5 Å². The molecule has 1 unspecified atom stereocenters. The molecule has 1 heterocycles. The smallest absolute Gasteiger partial charge is 0.146 e. The molecule has 1 aromatic carbocycles. The number of nitrogens with zero attached hydrogens (tertiary/aromatic N) is 1. The van der Waals surface area contributed by atoms with Gasteiger partial charge in [0.1, 0.15) is 5.82 Å². The number of benzene rings is 1. The Bertz CT molecular complexity index is 384. The molecule has 1 N–H and O–H groups in total. The van der Waals surface area contributed by atoms with Crippen molar-refractivity contribution in [2.75, 3.05) is 31.7 Å². The Labute approximate surface area is 102 Å². The maximum absolute atomic E-state index is 14.0. The summed E-state index contributed by atoms with van der Waals surface area (Å²) >= 11 is 0. The van der Waals surface area contributed by atoms with Crippen molar-refractivity contribution in [2.45, 2.75) is 19.5 Å². The quantitative estimate of drug-likeness (QED) is 0.868. The fourth-order valence-corrected chi connectivity index (χ4v) is 2.18. The van der Waals surface area contributed by atoms with Gasteiger partial charge in [-0.2, -0.15) is 0 Å². The molecular formula is C13H19FN2O. The number of nitrogens with one attached hydrogen (secondary N) is 1. The van der Waals surface area contributed by atoms with Crippen LogP contribution >= 0.6 is 0 Å². The van der Waals surface area contributed by atoms with Crippen molar-refractivity contribution >= 4 is 5.69 Å². The van der Waals surface area contributed by atoms with E-state index < -0.39 is 0 Å². The molecule has 1 aliphatic rings. The highest BCUT2D eigenvalue weighted by atomic mass is 19.1. The fraction of sp³-hybridized carbons (Fsp3) is 0.538. The Morgan fingerprint density at radius 3 is 3.00 bits per heavy atom. The highest BCUT2D eigenvalue weighted by Gasteiger charge is 2.21. The Balaban J connectivity index is 2.20. The molecule has 0 aromatic heterocycles. The van der Waals surface area contributed by atoms with E-state index in [-0.39, 0.29) is 11.9 Å². The van der Waals surface area contributed by atoms with Gasteiger partial charge in [-0.25, -0.2) is 4.39 Å². The monoisotopic (exact) mass is 238 g/mol. The Hall–Kier alpha value is -1.13. The number of hydrogen-bond donors (Lipinski definition) is 1. The third-order valence-corrected chi connectivity index (χ3v) is 3.07. The standard InChI is InChI=1S/C13H19FN2O/c1-10-9-17-6-5-16(10)13-4-3-11(8-15-2)7-12(13)14/h3-4,7,10,15H,5-6,8-9H2,1-2H3. The van der Waals surface area contributed by atoms with Crippen LogP contribution in [-0.2, 0) is 11.3 Å². The number of hydrogen-bond acceptors (Lipinski definition) is 3. The van der Waals surface area contributed by atoms with Gasteiger partial charge in [-0.1, -0.05) is 6.07 Å². The van der Waals surface area contributed by atoms with Crippen LogP contribution in [0.25, 0.3) is 0 Å². The van der Waals surface area contributed by atoms with Gasteiger partial charge in [0.2, 0.25) is 0 Å². The fourth-order valence-electron chi connectivity index (χ4n) is 2.18. The van der Waals surface area contributed by atoms with E-state index in [1.807, 2.05) is 19.2 Å². The third-order valence-electron chi connectivity index (χ3n) is 3.07. The lowest BCUT2D eigenvalue weighted by Gasteiger charge is -2.35. The van der Waals surface area contributed by atoms with Gasteiger partial charge in [-0.15, -0.1) is 0 Å². The van der Waals surface area contributed by atoms with E-state index in [0.29, 0.717) is 25.4 Å². The highest BCUT2D eigenvalue weighted by molar-refractivity contribution is 5.50. The van der Waals surface area contributed by atoms with E-state index in [0.717, 1.165) is 12.1 Å². The molecule has 1 fully saturated rings. The van der Waals surface area contributed by atoms with E-state index in [1.165, 1.54) is 0 Å². The van der Waals surface area contributed by atoms with Crippen LogP contribution in [0.2, 0.25) is 0 Å². The summed E-state index contributed by atoms with van der Waals surface area (Å²) in [5, 5.41) is 3.02. The summed E-state index contributed by atoms with van der Waals surface area (Å²) in [6, 6.07) is 5.67. The van der Waals surface area contributed by atoms with Gasteiger partial charge in [0.15, 0.2) is 0 Å². The largest absolute Gasteiger partial charge is 0.377 e. The van der Waals surface area contributed by atoms with Crippen LogP contribution < -0.4 is 10.2 Å². The average molecular weight is 238 g/mol. The van der Waals surface area contributed by atoms with E-state index in [2.05, 4.69) is 17.1 Å². The minimum atomic E-state index is -0.147. The highest BCUT2D eigenvalue weighted by Crippen LogP contribution is 2.24. The Morgan fingerprint density at radius 2 is 2.35 bits per heavy atom. The van der Waals surface area contributed by atoms with Crippen molar-refractivity contribution in [1.82, 2.24) is 5.32 Å². The van der Waals surface area contributed by atoms with Gasteiger partial charge < -0.3 is 15.0 Å².